The molecule has 1 rings (SSSR count). The second-order valence-electron chi connectivity index (χ2n) is 4.61. The van der Waals surface area contributed by atoms with Crippen molar-refractivity contribution in [3.8, 4) is 0 Å². The normalized spacial score (nSPS) is 27.9. The van der Waals surface area contributed by atoms with Crippen molar-refractivity contribution >= 4 is 26.1 Å². The lowest BCUT2D eigenvalue weighted by Crippen LogP contribution is -2.48. The summed E-state index contributed by atoms with van der Waals surface area (Å²) in [5.74, 6) is 0.847. The van der Waals surface area contributed by atoms with Crippen LogP contribution in [0.2, 0.25) is 0 Å². The van der Waals surface area contributed by atoms with E-state index in [1.54, 1.807) is 0 Å². The Morgan fingerprint density at radius 2 is 1.94 bits per heavy atom. The quantitative estimate of drug-likeness (QED) is 0.859. The third-order valence-corrected chi connectivity index (χ3v) is 4.39. The molecule has 6 heteroatoms. The van der Waals surface area contributed by atoms with Crippen LogP contribution in [0.5, 0.6) is 0 Å². The van der Waals surface area contributed by atoms with Gasteiger partial charge in [0.25, 0.3) is 10.2 Å². The molecule has 0 aromatic rings. The van der Waals surface area contributed by atoms with E-state index in [0.29, 0.717) is 29.4 Å². The maximum Gasteiger partial charge on any atom is 0.279 e. The van der Waals surface area contributed by atoms with Gasteiger partial charge in [-0.3, -0.25) is 0 Å². The van der Waals surface area contributed by atoms with Gasteiger partial charge in [0.05, 0.1) is 0 Å². The first kappa shape index (κ1) is 14.2. The minimum absolute atomic E-state index is 0.238. The molecule has 2 atom stereocenters. The maximum atomic E-state index is 11.9. The summed E-state index contributed by atoms with van der Waals surface area (Å²) in [5, 5.41) is 0. The van der Waals surface area contributed by atoms with E-state index in [9.17, 15) is 8.42 Å². The van der Waals surface area contributed by atoms with Crippen LogP contribution >= 0.6 is 15.9 Å². The van der Waals surface area contributed by atoms with Gasteiger partial charge in [-0.25, -0.2) is 0 Å². The third-order valence-electron chi connectivity index (χ3n) is 2.62. The van der Waals surface area contributed by atoms with Crippen molar-refractivity contribution in [2.75, 3.05) is 19.6 Å². The molecule has 1 saturated heterocycles. The molecule has 1 N–H and O–H groups in total. The molecule has 0 bridgehead atoms. The average molecular weight is 311 g/mol. The molecule has 0 saturated carbocycles. The highest BCUT2D eigenvalue weighted by Gasteiger charge is 2.29. The molecule has 0 aromatic carbocycles. The summed E-state index contributed by atoms with van der Waals surface area (Å²) in [5.41, 5.74) is 0. The lowest BCUT2D eigenvalue weighted by Gasteiger charge is -2.33. The molecule has 0 aliphatic carbocycles. The molecule has 0 amide bonds. The Morgan fingerprint density at radius 3 is 2.38 bits per heavy atom. The van der Waals surface area contributed by atoms with Crippen molar-refractivity contribution in [1.29, 1.82) is 0 Å². The summed E-state index contributed by atoms with van der Waals surface area (Å²) in [7, 11) is -3.35. The molecule has 0 radical (unpaired) electrons. The van der Waals surface area contributed by atoms with Crippen molar-refractivity contribution < 1.29 is 8.42 Å². The Bertz CT molecular complexity index is 346. The van der Waals surface area contributed by atoms with Crippen LogP contribution in [0.3, 0.4) is 0 Å². The number of rotatable bonds is 4. The van der Waals surface area contributed by atoms with Crippen molar-refractivity contribution in [2.45, 2.75) is 20.3 Å². The molecule has 1 heterocycles. The van der Waals surface area contributed by atoms with Crippen molar-refractivity contribution in [3.63, 3.8) is 0 Å². The Morgan fingerprint density at radius 1 is 1.44 bits per heavy atom. The van der Waals surface area contributed by atoms with E-state index < -0.39 is 10.2 Å². The lowest BCUT2D eigenvalue weighted by atomic mass is 9.94. The number of hydrogen-bond acceptors (Lipinski definition) is 2. The monoisotopic (exact) mass is 310 g/mol. The first-order chi connectivity index (χ1) is 7.31. The fraction of sp³-hybridized carbons (Fsp3) is 0.800. The fourth-order valence-electron chi connectivity index (χ4n) is 2.06. The van der Waals surface area contributed by atoms with Crippen LogP contribution in [0.25, 0.3) is 0 Å². The minimum Gasteiger partial charge on any atom is -0.197 e. The van der Waals surface area contributed by atoms with E-state index in [1.165, 1.54) is 4.31 Å². The number of hydrogen-bond donors (Lipinski definition) is 1. The Balaban J connectivity index is 2.64. The van der Waals surface area contributed by atoms with E-state index in [0.717, 1.165) is 6.42 Å². The summed E-state index contributed by atoms with van der Waals surface area (Å²) < 4.78 is 28.6. The molecule has 2 unspecified atom stereocenters. The van der Waals surface area contributed by atoms with Gasteiger partial charge in [0, 0.05) is 24.1 Å². The van der Waals surface area contributed by atoms with Gasteiger partial charge in [0.2, 0.25) is 0 Å². The van der Waals surface area contributed by atoms with Crippen LogP contribution < -0.4 is 4.72 Å². The molecule has 0 spiro atoms. The summed E-state index contributed by atoms with van der Waals surface area (Å²) in [6.07, 6.45) is 1.09. The van der Waals surface area contributed by atoms with Crippen LogP contribution in [0.15, 0.2) is 11.1 Å². The standard InChI is InChI=1S/C10H19BrN2O2S/c1-8-4-9(2)7-13(6-8)16(14,15)12-5-10(3)11/h8-9,12H,3-7H2,1-2H3. The highest BCUT2D eigenvalue weighted by atomic mass is 79.9. The summed E-state index contributed by atoms with van der Waals surface area (Å²) in [6, 6.07) is 0. The van der Waals surface area contributed by atoms with Crippen molar-refractivity contribution in [1.82, 2.24) is 9.03 Å². The van der Waals surface area contributed by atoms with Crippen LogP contribution in [0.1, 0.15) is 20.3 Å². The second kappa shape index (κ2) is 5.62. The van der Waals surface area contributed by atoms with Gasteiger partial charge in [0.1, 0.15) is 0 Å². The van der Waals surface area contributed by atoms with Gasteiger partial charge in [-0.2, -0.15) is 17.4 Å². The molecular weight excluding hydrogens is 292 g/mol. The first-order valence-corrected chi connectivity index (χ1v) is 7.62. The number of nitrogens with one attached hydrogen (secondary N) is 1. The van der Waals surface area contributed by atoms with Gasteiger partial charge in [-0.15, -0.1) is 0 Å². The smallest absolute Gasteiger partial charge is 0.197 e. The highest BCUT2D eigenvalue weighted by Crippen LogP contribution is 2.22. The summed E-state index contributed by atoms with van der Waals surface area (Å²) in [6.45, 7) is 9.22. The zero-order chi connectivity index (χ0) is 12.3. The number of nitrogens with zero attached hydrogens (tertiary/aromatic N) is 1. The SMILES string of the molecule is C=C(Br)CNS(=O)(=O)N1CC(C)CC(C)C1. The van der Waals surface area contributed by atoms with Gasteiger partial charge in [-0.05, 0) is 18.3 Å². The van der Waals surface area contributed by atoms with Crippen LogP contribution in [0, 0.1) is 11.8 Å². The van der Waals surface area contributed by atoms with Crippen molar-refractivity contribution in [2.24, 2.45) is 11.8 Å². The predicted molar refractivity (Wildman–Crippen MR) is 69.5 cm³/mol. The fourth-order valence-corrected chi connectivity index (χ4v) is 3.83. The predicted octanol–water partition coefficient (Wildman–Crippen LogP) is 1.71. The van der Waals surface area contributed by atoms with Gasteiger partial charge >= 0.3 is 0 Å². The van der Waals surface area contributed by atoms with Gasteiger partial charge < -0.3 is 0 Å². The molecule has 94 valence electrons. The molecule has 1 fully saturated rings. The Labute approximate surface area is 106 Å². The Kier molecular flexibility index (Phi) is 4.97. The first-order valence-electron chi connectivity index (χ1n) is 5.39. The molecular formula is C10H19BrN2O2S. The second-order valence-corrected chi connectivity index (χ2v) is 7.48. The van der Waals surface area contributed by atoms with E-state index >= 15 is 0 Å². The summed E-state index contributed by atoms with van der Waals surface area (Å²) >= 11 is 3.13. The van der Waals surface area contributed by atoms with Crippen molar-refractivity contribution in [3.05, 3.63) is 11.1 Å². The highest BCUT2D eigenvalue weighted by molar-refractivity contribution is 9.11. The van der Waals surface area contributed by atoms with E-state index in [-0.39, 0.29) is 6.54 Å². The zero-order valence-electron chi connectivity index (χ0n) is 9.74. The van der Waals surface area contributed by atoms with Crippen LogP contribution in [0.4, 0.5) is 0 Å². The number of halogens is 1. The van der Waals surface area contributed by atoms with Crippen LogP contribution in [-0.2, 0) is 10.2 Å². The van der Waals surface area contributed by atoms with E-state index in [1.807, 2.05) is 0 Å². The largest absolute Gasteiger partial charge is 0.279 e. The van der Waals surface area contributed by atoms with Crippen LogP contribution in [-0.4, -0.2) is 32.4 Å². The molecule has 1 aliphatic rings. The average Bonchev–Trinajstić information content (AvgIpc) is 2.13. The number of piperidine rings is 1. The van der Waals surface area contributed by atoms with E-state index in [4.69, 9.17) is 0 Å². The minimum atomic E-state index is -3.35. The Hall–Kier alpha value is 0.0900. The van der Waals surface area contributed by atoms with Gasteiger partial charge in [-0.1, -0.05) is 36.4 Å². The summed E-state index contributed by atoms with van der Waals surface area (Å²) in [4.78, 5) is 0. The molecule has 0 aromatic heterocycles. The lowest BCUT2D eigenvalue weighted by molar-refractivity contribution is 0.221. The molecule has 1 aliphatic heterocycles. The topological polar surface area (TPSA) is 49.4 Å². The van der Waals surface area contributed by atoms with Gasteiger partial charge in [0.15, 0.2) is 0 Å². The molecule has 16 heavy (non-hydrogen) atoms. The third kappa shape index (κ3) is 4.16. The zero-order valence-corrected chi connectivity index (χ0v) is 12.1. The van der Waals surface area contributed by atoms with E-state index in [2.05, 4.69) is 41.1 Å². The molecule has 4 nitrogen and oxygen atoms in total. The maximum absolute atomic E-state index is 11.9.